The van der Waals surface area contributed by atoms with E-state index in [0.29, 0.717) is 24.2 Å². The number of fused-ring (bicyclic) bond motifs is 1. The van der Waals surface area contributed by atoms with Gasteiger partial charge in [-0.05, 0) is 67.0 Å². The smallest absolute Gasteiger partial charge is 0.222 e. The zero-order valence-electron chi connectivity index (χ0n) is 20.1. The summed E-state index contributed by atoms with van der Waals surface area (Å²) in [5, 5.41) is 0. The Labute approximate surface area is 197 Å². The van der Waals surface area contributed by atoms with Crippen molar-refractivity contribution >= 4 is 5.91 Å². The Morgan fingerprint density at radius 1 is 0.909 bits per heavy atom. The van der Waals surface area contributed by atoms with Crippen molar-refractivity contribution in [2.45, 2.75) is 32.2 Å². The van der Waals surface area contributed by atoms with Crippen LogP contribution in [0.4, 0.5) is 0 Å². The Kier molecular flexibility index (Phi) is 7.76. The van der Waals surface area contributed by atoms with Crippen LogP contribution in [0.25, 0.3) is 0 Å². The number of methoxy groups -OCH3 is 3. The second-order valence-corrected chi connectivity index (χ2v) is 9.17. The van der Waals surface area contributed by atoms with Gasteiger partial charge in [-0.25, -0.2) is 0 Å². The molecule has 0 radical (unpaired) electrons. The molecule has 6 heteroatoms. The molecule has 2 aliphatic rings. The first-order valence-electron chi connectivity index (χ1n) is 11.9. The first-order valence-corrected chi connectivity index (χ1v) is 11.9. The molecule has 2 unspecified atom stereocenters. The molecule has 0 saturated carbocycles. The van der Waals surface area contributed by atoms with E-state index in [0.717, 1.165) is 74.8 Å². The molecule has 2 aromatic carbocycles. The van der Waals surface area contributed by atoms with Gasteiger partial charge in [0.25, 0.3) is 0 Å². The van der Waals surface area contributed by atoms with Crippen LogP contribution in [0.1, 0.15) is 30.4 Å². The van der Waals surface area contributed by atoms with Crippen LogP contribution in [-0.2, 0) is 17.8 Å². The predicted octanol–water partition coefficient (Wildman–Crippen LogP) is 4.02. The van der Waals surface area contributed by atoms with Crippen LogP contribution in [0.2, 0.25) is 0 Å². The highest BCUT2D eigenvalue weighted by Crippen LogP contribution is 2.34. The summed E-state index contributed by atoms with van der Waals surface area (Å²) in [5.41, 5.74) is 2.39. The van der Waals surface area contributed by atoms with E-state index in [1.54, 1.807) is 21.3 Å². The number of rotatable bonds is 8. The number of hydrogen-bond acceptors (Lipinski definition) is 5. The van der Waals surface area contributed by atoms with Crippen molar-refractivity contribution in [1.29, 1.82) is 0 Å². The fourth-order valence-corrected chi connectivity index (χ4v) is 5.33. The minimum absolute atomic E-state index is 0.299. The summed E-state index contributed by atoms with van der Waals surface area (Å²) in [5.74, 6) is 3.78. The number of para-hydroxylation sites is 1. The lowest BCUT2D eigenvalue weighted by Gasteiger charge is -2.37. The summed E-state index contributed by atoms with van der Waals surface area (Å²) < 4.78 is 16.3. The normalized spacial score (nSPS) is 21.3. The molecule has 2 fully saturated rings. The van der Waals surface area contributed by atoms with Crippen LogP contribution in [0.3, 0.4) is 0 Å². The number of benzene rings is 2. The highest BCUT2D eigenvalue weighted by Gasteiger charge is 2.34. The lowest BCUT2D eigenvalue weighted by molar-refractivity contribution is -0.131. The minimum atomic E-state index is 0.299. The SMILES string of the molecule is COc1ccc(CN2CCC3CC(=O)N(CCc4cccc(OC)c4OC)CCC3C2)cc1. The van der Waals surface area contributed by atoms with Crippen molar-refractivity contribution in [2.24, 2.45) is 11.8 Å². The molecule has 0 bridgehead atoms. The highest BCUT2D eigenvalue weighted by molar-refractivity contribution is 5.76. The molecule has 0 spiro atoms. The van der Waals surface area contributed by atoms with E-state index >= 15 is 0 Å². The van der Waals surface area contributed by atoms with Gasteiger partial charge in [-0.1, -0.05) is 24.3 Å². The third kappa shape index (κ3) is 5.61. The average molecular weight is 453 g/mol. The van der Waals surface area contributed by atoms with E-state index < -0.39 is 0 Å². The Morgan fingerprint density at radius 3 is 2.42 bits per heavy atom. The van der Waals surface area contributed by atoms with E-state index in [4.69, 9.17) is 14.2 Å². The van der Waals surface area contributed by atoms with E-state index in [-0.39, 0.29) is 0 Å². The molecule has 6 nitrogen and oxygen atoms in total. The van der Waals surface area contributed by atoms with Crippen molar-refractivity contribution in [3.8, 4) is 17.2 Å². The summed E-state index contributed by atoms with van der Waals surface area (Å²) in [6.45, 7) is 4.64. The lowest BCUT2D eigenvalue weighted by Crippen LogP contribution is -2.40. The number of amides is 1. The summed E-state index contributed by atoms with van der Waals surface area (Å²) in [6.07, 6.45) is 3.62. The maximum absolute atomic E-state index is 13.0. The molecule has 2 saturated heterocycles. The molecular weight excluding hydrogens is 416 g/mol. The molecule has 2 heterocycles. The van der Waals surface area contributed by atoms with Gasteiger partial charge in [0.1, 0.15) is 5.75 Å². The van der Waals surface area contributed by atoms with Gasteiger partial charge < -0.3 is 19.1 Å². The Bertz CT molecular complexity index is 930. The minimum Gasteiger partial charge on any atom is -0.497 e. The van der Waals surface area contributed by atoms with Crippen molar-refractivity contribution in [1.82, 2.24) is 9.80 Å². The lowest BCUT2D eigenvalue weighted by atomic mass is 9.82. The molecule has 178 valence electrons. The monoisotopic (exact) mass is 452 g/mol. The predicted molar refractivity (Wildman–Crippen MR) is 129 cm³/mol. The summed E-state index contributed by atoms with van der Waals surface area (Å²) in [7, 11) is 5.02. The number of piperidine rings is 1. The number of hydrogen-bond donors (Lipinski definition) is 0. The zero-order chi connectivity index (χ0) is 23.2. The molecule has 2 aliphatic heterocycles. The van der Waals surface area contributed by atoms with Gasteiger partial charge in [0.15, 0.2) is 11.5 Å². The number of ether oxygens (including phenoxy) is 3. The van der Waals surface area contributed by atoms with E-state index in [2.05, 4.69) is 28.0 Å². The molecule has 2 aromatic rings. The van der Waals surface area contributed by atoms with Crippen LogP contribution in [-0.4, -0.2) is 63.2 Å². The van der Waals surface area contributed by atoms with Gasteiger partial charge in [-0.2, -0.15) is 0 Å². The molecule has 0 aromatic heterocycles. The summed E-state index contributed by atoms with van der Waals surface area (Å²) >= 11 is 0. The zero-order valence-corrected chi connectivity index (χ0v) is 20.1. The van der Waals surface area contributed by atoms with Crippen molar-refractivity contribution in [2.75, 3.05) is 47.5 Å². The van der Waals surface area contributed by atoms with Crippen LogP contribution in [0, 0.1) is 11.8 Å². The average Bonchev–Trinajstić information content (AvgIpc) is 3.00. The maximum Gasteiger partial charge on any atom is 0.222 e. The van der Waals surface area contributed by atoms with Gasteiger partial charge in [0.05, 0.1) is 21.3 Å². The fourth-order valence-electron chi connectivity index (χ4n) is 5.33. The van der Waals surface area contributed by atoms with E-state index in [1.807, 2.05) is 24.3 Å². The van der Waals surface area contributed by atoms with Gasteiger partial charge in [-0.15, -0.1) is 0 Å². The maximum atomic E-state index is 13.0. The van der Waals surface area contributed by atoms with E-state index in [9.17, 15) is 4.79 Å². The standard InChI is InChI=1S/C27H36N2O4/c1-31-24-9-7-20(8-10-24)18-28-14-11-22-17-26(30)29(16-13-23(22)19-28)15-12-21-5-4-6-25(32-2)27(21)33-3/h4-10,22-23H,11-19H2,1-3H3. The first kappa shape index (κ1) is 23.4. The first-order chi connectivity index (χ1) is 16.1. The topological polar surface area (TPSA) is 51.2 Å². The van der Waals surface area contributed by atoms with Crippen LogP contribution >= 0.6 is 0 Å². The van der Waals surface area contributed by atoms with Crippen molar-refractivity contribution in [3.63, 3.8) is 0 Å². The molecule has 33 heavy (non-hydrogen) atoms. The summed E-state index contributed by atoms with van der Waals surface area (Å²) in [4.78, 5) is 17.7. The van der Waals surface area contributed by atoms with Crippen molar-refractivity contribution in [3.05, 3.63) is 53.6 Å². The summed E-state index contributed by atoms with van der Waals surface area (Å²) in [6, 6.07) is 14.3. The molecule has 1 amide bonds. The third-order valence-corrected chi connectivity index (χ3v) is 7.24. The highest BCUT2D eigenvalue weighted by atomic mass is 16.5. The second kappa shape index (κ2) is 10.9. The molecule has 4 rings (SSSR count). The van der Waals surface area contributed by atoms with Crippen LogP contribution in [0.15, 0.2) is 42.5 Å². The van der Waals surface area contributed by atoms with Crippen LogP contribution < -0.4 is 14.2 Å². The number of likely N-dealkylation sites (tertiary alicyclic amines) is 2. The molecular formula is C27H36N2O4. The second-order valence-electron chi connectivity index (χ2n) is 9.17. The van der Waals surface area contributed by atoms with Gasteiger partial charge >= 0.3 is 0 Å². The molecule has 0 aliphatic carbocycles. The van der Waals surface area contributed by atoms with E-state index in [1.165, 1.54) is 5.56 Å². The van der Waals surface area contributed by atoms with Crippen LogP contribution in [0.5, 0.6) is 17.2 Å². The van der Waals surface area contributed by atoms with Crippen molar-refractivity contribution < 1.29 is 19.0 Å². The Hall–Kier alpha value is -2.73. The quantitative estimate of drug-likeness (QED) is 0.606. The van der Waals surface area contributed by atoms with Gasteiger partial charge in [0.2, 0.25) is 5.91 Å². The van der Waals surface area contributed by atoms with Gasteiger partial charge in [0, 0.05) is 32.6 Å². The number of carbonyl (C=O) groups excluding carboxylic acids is 1. The third-order valence-electron chi connectivity index (χ3n) is 7.24. The number of nitrogens with zero attached hydrogens (tertiary/aromatic N) is 2. The fraction of sp³-hybridized carbons (Fsp3) is 0.519. The van der Waals surface area contributed by atoms with Gasteiger partial charge in [-0.3, -0.25) is 9.69 Å². The molecule has 0 N–H and O–H groups in total. The Morgan fingerprint density at radius 2 is 1.70 bits per heavy atom. The number of carbonyl (C=O) groups is 1. The Balaban J connectivity index is 1.34. The largest absolute Gasteiger partial charge is 0.497 e. The molecule has 2 atom stereocenters.